The zero-order valence-corrected chi connectivity index (χ0v) is 9.92. The van der Waals surface area contributed by atoms with E-state index in [2.05, 4.69) is 32.0 Å². The van der Waals surface area contributed by atoms with E-state index in [0.717, 1.165) is 18.6 Å². The van der Waals surface area contributed by atoms with Gasteiger partial charge in [0.15, 0.2) is 0 Å². The lowest BCUT2D eigenvalue weighted by Gasteiger charge is -2.15. The van der Waals surface area contributed by atoms with Crippen molar-refractivity contribution in [2.24, 2.45) is 5.73 Å². The van der Waals surface area contributed by atoms with Crippen molar-refractivity contribution in [3.8, 4) is 5.75 Å². The largest absolute Gasteiger partial charge is 0.491 e. The average molecular weight is 207 g/mol. The second-order valence-corrected chi connectivity index (χ2v) is 4.10. The summed E-state index contributed by atoms with van der Waals surface area (Å²) in [4.78, 5) is 0. The fourth-order valence-corrected chi connectivity index (χ4v) is 1.60. The summed E-state index contributed by atoms with van der Waals surface area (Å²) in [6.45, 7) is 6.80. The predicted octanol–water partition coefficient (Wildman–Crippen LogP) is 2.67. The van der Waals surface area contributed by atoms with Gasteiger partial charge in [-0.1, -0.05) is 31.5 Å². The molecule has 84 valence electrons. The minimum atomic E-state index is 0.0825. The van der Waals surface area contributed by atoms with Crippen molar-refractivity contribution >= 4 is 0 Å². The van der Waals surface area contributed by atoms with Crippen LogP contribution >= 0.6 is 0 Å². The van der Waals surface area contributed by atoms with Crippen LogP contribution in [0.3, 0.4) is 0 Å². The molecule has 1 aromatic rings. The molecule has 0 spiro atoms. The maximum absolute atomic E-state index is 5.76. The smallest absolute Gasteiger partial charge is 0.125 e. The maximum Gasteiger partial charge on any atom is 0.125 e. The average Bonchev–Trinajstić information content (AvgIpc) is 2.17. The highest BCUT2D eigenvalue weighted by Crippen LogP contribution is 2.24. The van der Waals surface area contributed by atoms with Gasteiger partial charge in [0.1, 0.15) is 12.4 Å². The Bertz CT molecular complexity index is 307. The van der Waals surface area contributed by atoms with E-state index in [1.54, 1.807) is 0 Å². The number of para-hydroxylation sites is 1. The SMILES string of the molecule is CCCc1cccc(C)c1OCC(C)N. The molecule has 0 aromatic heterocycles. The van der Waals surface area contributed by atoms with Gasteiger partial charge in [0.05, 0.1) is 0 Å². The molecule has 0 saturated heterocycles. The lowest BCUT2D eigenvalue weighted by Crippen LogP contribution is -2.24. The van der Waals surface area contributed by atoms with Gasteiger partial charge in [-0.15, -0.1) is 0 Å². The van der Waals surface area contributed by atoms with Gasteiger partial charge < -0.3 is 10.5 Å². The zero-order valence-electron chi connectivity index (χ0n) is 9.92. The van der Waals surface area contributed by atoms with Gasteiger partial charge in [0.25, 0.3) is 0 Å². The second kappa shape index (κ2) is 5.76. The molecule has 0 amide bonds. The summed E-state index contributed by atoms with van der Waals surface area (Å²) in [6, 6.07) is 6.38. The Morgan fingerprint density at radius 3 is 2.73 bits per heavy atom. The molecule has 15 heavy (non-hydrogen) atoms. The van der Waals surface area contributed by atoms with E-state index in [4.69, 9.17) is 10.5 Å². The summed E-state index contributed by atoms with van der Waals surface area (Å²) in [5.41, 5.74) is 8.18. The number of rotatable bonds is 5. The molecule has 2 nitrogen and oxygen atoms in total. The number of hydrogen-bond acceptors (Lipinski definition) is 2. The van der Waals surface area contributed by atoms with E-state index in [9.17, 15) is 0 Å². The van der Waals surface area contributed by atoms with E-state index >= 15 is 0 Å². The third-order valence-corrected chi connectivity index (χ3v) is 2.30. The van der Waals surface area contributed by atoms with Gasteiger partial charge >= 0.3 is 0 Å². The van der Waals surface area contributed by atoms with Crippen LogP contribution in [-0.2, 0) is 6.42 Å². The Balaban J connectivity index is 2.81. The number of aryl methyl sites for hydroxylation is 2. The topological polar surface area (TPSA) is 35.2 Å². The fourth-order valence-electron chi connectivity index (χ4n) is 1.60. The molecule has 0 radical (unpaired) electrons. The van der Waals surface area contributed by atoms with Gasteiger partial charge in [0.2, 0.25) is 0 Å². The summed E-state index contributed by atoms with van der Waals surface area (Å²) in [7, 11) is 0. The Labute approximate surface area is 92.4 Å². The third-order valence-electron chi connectivity index (χ3n) is 2.30. The highest BCUT2D eigenvalue weighted by molar-refractivity contribution is 5.40. The summed E-state index contributed by atoms with van der Waals surface area (Å²) >= 11 is 0. The molecule has 1 atom stereocenters. The van der Waals surface area contributed by atoms with Crippen molar-refractivity contribution in [2.45, 2.75) is 39.7 Å². The fraction of sp³-hybridized carbons (Fsp3) is 0.538. The van der Waals surface area contributed by atoms with Crippen LogP contribution in [0.15, 0.2) is 18.2 Å². The normalized spacial score (nSPS) is 12.5. The van der Waals surface area contributed by atoms with Crippen molar-refractivity contribution in [2.75, 3.05) is 6.61 Å². The molecule has 0 aliphatic rings. The van der Waals surface area contributed by atoms with Gasteiger partial charge in [-0.05, 0) is 31.4 Å². The van der Waals surface area contributed by atoms with E-state index in [1.165, 1.54) is 11.1 Å². The molecule has 0 heterocycles. The van der Waals surface area contributed by atoms with E-state index in [0.29, 0.717) is 6.61 Å². The van der Waals surface area contributed by atoms with Gasteiger partial charge in [-0.3, -0.25) is 0 Å². The molecule has 1 unspecified atom stereocenters. The summed E-state index contributed by atoms with van der Waals surface area (Å²) in [5, 5.41) is 0. The summed E-state index contributed by atoms with van der Waals surface area (Å²) < 4.78 is 5.76. The molecule has 0 fully saturated rings. The van der Waals surface area contributed by atoms with Gasteiger partial charge in [-0.25, -0.2) is 0 Å². The molecule has 2 N–H and O–H groups in total. The molecule has 0 saturated carbocycles. The van der Waals surface area contributed by atoms with Crippen molar-refractivity contribution in [1.82, 2.24) is 0 Å². The Hall–Kier alpha value is -1.02. The number of benzene rings is 1. The number of ether oxygens (including phenoxy) is 1. The monoisotopic (exact) mass is 207 g/mol. The predicted molar refractivity (Wildman–Crippen MR) is 64.3 cm³/mol. The minimum Gasteiger partial charge on any atom is -0.491 e. The van der Waals surface area contributed by atoms with Crippen LogP contribution in [0, 0.1) is 6.92 Å². The molecule has 1 aromatic carbocycles. The van der Waals surface area contributed by atoms with Crippen LogP contribution in [0.25, 0.3) is 0 Å². The van der Waals surface area contributed by atoms with E-state index in [1.807, 2.05) is 6.92 Å². The first-order valence-electron chi connectivity index (χ1n) is 5.62. The van der Waals surface area contributed by atoms with E-state index < -0.39 is 0 Å². The molecular formula is C13H21NO. The van der Waals surface area contributed by atoms with Crippen LogP contribution in [0.2, 0.25) is 0 Å². The summed E-state index contributed by atoms with van der Waals surface area (Å²) in [6.07, 6.45) is 2.20. The van der Waals surface area contributed by atoms with Gasteiger partial charge in [0, 0.05) is 6.04 Å². The zero-order chi connectivity index (χ0) is 11.3. The Kier molecular flexibility index (Phi) is 4.63. The molecular weight excluding hydrogens is 186 g/mol. The summed E-state index contributed by atoms with van der Waals surface area (Å²) in [5.74, 6) is 1.02. The maximum atomic E-state index is 5.76. The quantitative estimate of drug-likeness (QED) is 0.805. The van der Waals surface area contributed by atoms with Crippen molar-refractivity contribution < 1.29 is 4.74 Å². The standard InChI is InChI=1S/C13H21NO/c1-4-6-12-8-5-7-10(2)13(12)15-9-11(3)14/h5,7-8,11H,4,6,9,14H2,1-3H3. The lowest BCUT2D eigenvalue weighted by molar-refractivity contribution is 0.291. The molecule has 1 rings (SSSR count). The van der Waals surface area contributed by atoms with Crippen LogP contribution in [0.1, 0.15) is 31.4 Å². The van der Waals surface area contributed by atoms with Crippen LogP contribution < -0.4 is 10.5 Å². The Morgan fingerprint density at radius 1 is 1.40 bits per heavy atom. The lowest BCUT2D eigenvalue weighted by atomic mass is 10.1. The second-order valence-electron chi connectivity index (χ2n) is 4.10. The molecule has 0 aliphatic carbocycles. The van der Waals surface area contributed by atoms with Crippen molar-refractivity contribution in [3.63, 3.8) is 0 Å². The van der Waals surface area contributed by atoms with Crippen LogP contribution in [-0.4, -0.2) is 12.6 Å². The molecule has 0 aliphatic heterocycles. The highest BCUT2D eigenvalue weighted by atomic mass is 16.5. The van der Waals surface area contributed by atoms with Crippen molar-refractivity contribution in [3.05, 3.63) is 29.3 Å². The van der Waals surface area contributed by atoms with Crippen LogP contribution in [0.4, 0.5) is 0 Å². The van der Waals surface area contributed by atoms with Gasteiger partial charge in [-0.2, -0.15) is 0 Å². The number of nitrogens with two attached hydrogens (primary N) is 1. The first kappa shape index (κ1) is 12.1. The van der Waals surface area contributed by atoms with Crippen molar-refractivity contribution in [1.29, 1.82) is 0 Å². The van der Waals surface area contributed by atoms with E-state index in [-0.39, 0.29) is 6.04 Å². The molecule has 0 bridgehead atoms. The third kappa shape index (κ3) is 3.56. The first-order valence-corrected chi connectivity index (χ1v) is 5.62. The highest BCUT2D eigenvalue weighted by Gasteiger charge is 2.06. The van der Waals surface area contributed by atoms with Crippen LogP contribution in [0.5, 0.6) is 5.75 Å². The first-order chi connectivity index (χ1) is 7.15. The minimum absolute atomic E-state index is 0.0825. The molecule has 2 heteroatoms. The number of hydrogen-bond donors (Lipinski definition) is 1. The Morgan fingerprint density at radius 2 is 2.13 bits per heavy atom.